The third-order valence-electron chi connectivity index (χ3n) is 4.24. The van der Waals surface area contributed by atoms with Gasteiger partial charge in [0, 0.05) is 6.42 Å². The second kappa shape index (κ2) is 4.23. The number of hydrogen-bond donors (Lipinski definition) is 1. The van der Waals surface area contributed by atoms with Gasteiger partial charge < -0.3 is 14.7 Å². The van der Waals surface area contributed by atoms with Crippen molar-refractivity contribution in [3.8, 4) is 5.75 Å². The van der Waals surface area contributed by atoms with Gasteiger partial charge in [0.1, 0.15) is 11.4 Å². The smallest absolute Gasteiger partial charge is 0.264 e. The summed E-state index contributed by atoms with van der Waals surface area (Å²) in [5, 5.41) is 10.2. The highest BCUT2D eigenvalue weighted by atomic mass is 16.5. The fourth-order valence-corrected chi connectivity index (χ4v) is 2.66. The molecule has 1 amide bonds. The number of hydrogen-bond acceptors (Lipinski definition) is 3. The number of para-hydroxylation sites is 1. The summed E-state index contributed by atoms with van der Waals surface area (Å²) in [5.74, 6) is 0.959. The first-order valence-electron chi connectivity index (χ1n) is 6.75. The molecule has 1 fully saturated rings. The number of likely N-dealkylation sites (tertiary alicyclic amines) is 1. The van der Waals surface area contributed by atoms with Gasteiger partial charge in [-0.25, -0.2) is 0 Å². The van der Waals surface area contributed by atoms with Crippen LogP contribution in [0.2, 0.25) is 0 Å². The molecule has 1 aromatic rings. The zero-order valence-corrected chi connectivity index (χ0v) is 11.3. The van der Waals surface area contributed by atoms with Crippen LogP contribution in [0.25, 0.3) is 0 Å². The van der Waals surface area contributed by atoms with Gasteiger partial charge in [0.2, 0.25) is 0 Å². The van der Waals surface area contributed by atoms with E-state index >= 15 is 0 Å². The molecule has 0 aromatic heterocycles. The first-order valence-corrected chi connectivity index (χ1v) is 6.75. The molecule has 2 heterocycles. The Morgan fingerprint density at radius 3 is 2.74 bits per heavy atom. The molecule has 4 heteroatoms. The molecule has 0 radical (unpaired) electrons. The molecule has 1 unspecified atom stereocenters. The molecule has 1 N–H and O–H groups in total. The average molecular weight is 261 g/mol. The number of amides is 1. The number of β-amino-alcohol motifs (C(OH)–C–C–N with tert-alkyl or cyclic N) is 1. The number of rotatable bonds is 2. The van der Waals surface area contributed by atoms with Crippen molar-refractivity contribution in [1.29, 1.82) is 0 Å². The van der Waals surface area contributed by atoms with Gasteiger partial charge in [-0.1, -0.05) is 32.0 Å². The van der Waals surface area contributed by atoms with Gasteiger partial charge in [-0.15, -0.1) is 0 Å². The molecule has 102 valence electrons. The Morgan fingerprint density at radius 1 is 1.42 bits per heavy atom. The number of fused-ring (bicyclic) bond motifs is 1. The van der Waals surface area contributed by atoms with Crippen LogP contribution in [-0.2, 0) is 11.2 Å². The maximum atomic E-state index is 12.3. The van der Waals surface area contributed by atoms with E-state index in [9.17, 15) is 9.90 Å². The summed E-state index contributed by atoms with van der Waals surface area (Å²) in [5.41, 5.74) is 0.363. The number of carbonyl (C=O) groups is 1. The molecule has 19 heavy (non-hydrogen) atoms. The van der Waals surface area contributed by atoms with E-state index in [1.165, 1.54) is 0 Å². The van der Waals surface area contributed by atoms with Crippen molar-refractivity contribution < 1.29 is 14.6 Å². The molecule has 1 saturated heterocycles. The summed E-state index contributed by atoms with van der Waals surface area (Å²) in [6.45, 7) is 4.78. The van der Waals surface area contributed by atoms with Gasteiger partial charge in [-0.05, 0) is 17.5 Å². The summed E-state index contributed by atoms with van der Waals surface area (Å²) in [7, 11) is 0. The van der Waals surface area contributed by atoms with Crippen LogP contribution in [0.5, 0.6) is 5.75 Å². The SMILES string of the molecule is CC(C)C1(O)CN(C(=O)C2Cc3ccccc3O2)C1. The molecular weight excluding hydrogens is 242 g/mol. The maximum Gasteiger partial charge on any atom is 0.264 e. The van der Waals surface area contributed by atoms with Gasteiger partial charge in [0.25, 0.3) is 5.91 Å². The molecule has 1 aromatic carbocycles. The number of carbonyl (C=O) groups excluding carboxylic acids is 1. The zero-order valence-electron chi connectivity index (χ0n) is 11.3. The molecule has 1 atom stereocenters. The summed E-state index contributed by atoms with van der Waals surface area (Å²) in [6, 6.07) is 7.75. The van der Waals surface area contributed by atoms with E-state index in [0.717, 1.165) is 11.3 Å². The van der Waals surface area contributed by atoms with E-state index in [2.05, 4.69) is 0 Å². The van der Waals surface area contributed by atoms with Crippen molar-refractivity contribution in [3.05, 3.63) is 29.8 Å². The molecule has 2 aliphatic rings. The number of ether oxygens (including phenoxy) is 1. The van der Waals surface area contributed by atoms with Crippen LogP contribution < -0.4 is 4.74 Å². The molecular formula is C15H19NO3. The fraction of sp³-hybridized carbons (Fsp3) is 0.533. The normalized spacial score (nSPS) is 23.8. The molecule has 0 bridgehead atoms. The van der Waals surface area contributed by atoms with Crippen LogP contribution in [-0.4, -0.2) is 40.7 Å². The van der Waals surface area contributed by atoms with Crippen molar-refractivity contribution in [2.45, 2.75) is 32.0 Å². The number of aliphatic hydroxyl groups is 1. The van der Waals surface area contributed by atoms with Crippen LogP contribution in [0.3, 0.4) is 0 Å². The van der Waals surface area contributed by atoms with Crippen LogP contribution in [0.15, 0.2) is 24.3 Å². The van der Waals surface area contributed by atoms with Crippen molar-refractivity contribution in [2.75, 3.05) is 13.1 Å². The minimum Gasteiger partial charge on any atom is -0.480 e. The summed E-state index contributed by atoms with van der Waals surface area (Å²) < 4.78 is 5.68. The second-order valence-electron chi connectivity index (χ2n) is 5.87. The van der Waals surface area contributed by atoms with E-state index in [-0.39, 0.29) is 11.8 Å². The van der Waals surface area contributed by atoms with E-state index < -0.39 is 11.7 Å². The van der Waals surface area contributed by atoms with E-state index in [0.29, 0.717) is 19.5 Å². The first-order chi connectivity index (χ1) is 8.99. The van der Waals surface area contributed by atoms with Crippen molar-refractivity contribution >= 4 is 5.91 Å². The Labute approximate surface area is 113 Å². The Hall–Kier alpha value is -1.55. The van der Waals surface area contributed by atoms with Crippen LogP contribution >= 0.6 is 0 Å². The predicted octanol–water partition coefficient (Wildman–Crippen LogP) is 1.22. The van der Waals surface area contributed by atoms with E-state index in [1.807, 2.05) is 38.1 Å². The summed E-state index contributed by atoms with van der Waals surface area (Å²) >= 11 is 0. The predicted molar refractivity (Wildman–Crippen MR) is 70.9 cm³/mol. The summed E-state index contributed by atoms with van der Waals surface area (Å²) in [6.07, 6.45) is 0.208. The minimum absolute atomic E-state index is 0.0125. The maximum absolute atomic E-state index is 12.3. The topological polar surface area (TPSA) is 49.8 Å². The summed E-state index contributed by atoms with van der Waals surface area (Å²) in [4.78, 5) is 14.0. The number of nitrogens with zero attached hydrogens (tertiary/aromatic N) is 1. The van der Waals surface area contributed by atoms with Gasteiger partial charge in [-0.2, -0.15) is 0 Å². The minimum atomic E-state index is -0.721. The highest BCUT2D eigenvalue weighted by Crippen LogP contribution is 2.33. The standard InChI is InChI=1S/C15H19NO3/c1-10(2)15(18)8-16(9-15)14(17)13-7-11-5-3-4-6-12(11)19-13/h3-6,10,13,18H,7-9H2,1-2H3. The Balaban J connectivity index is 1.63. The first kappa shape index (κ1) is 12.5. The quantitative estimate of drug-likeness (QED) is 0.871. The Bertz CT molecular complexity index is 481. The Kier molecular flexibility index (Phi) is 2.78. The Morgan fingerprint density at radius 2 is 2.11 bits per heavy atom. The fourth-order valence-electron chi connectivity index (χ4n) is 2.66. The van der Waals surface area contributed by atoms with Gasteiger partial charge in [-0.3, -0.25) is 4.79 Å². The lowest BCUT2D eigenvalue weighted by molar-refractivity contribution is -0.169. The molecule has 4 nitrogen and oxygen atoms in total. The van der Waals surface area contributed by atoms with E-state index in [1.54, 1.807) is 4.90 Å². The molecule has 3 rings (SSSR count). The lowest BCUT2D eigenvalue weighted by Gasteiger charge is -2.49. The highest BCUT2D eigenvalue weighted by molar-refractivity contribution is 5.83. The molecule has 0 spiro atoms. The third kappa shape index (κ3) is 2.00. The van der Waals surface area contributed by atoms with Gasteiger partial charge >= 0.3 is 0 Å². The van der Waals surface area contributed by atoms with Crippen LogP contribution in [0.1, 0.15) is 19.4 Å². The van der Waals surface area contributed by atoms with Crippen molar-refractivity contribution in [2.24, 2.45) is 5.92 Å². The van der Waals surface area contributed by atoms with E-state index in [4.69, 9.17) is 4.74 Å². The van der Waals surface area contributed by atoms with Crippen molar-refractivity contribution in [1.82, 2.24) is 4.90 Å². The lowest BCUT2D eigenvalue weighted by Crippen LogP contribution is -2.67. The van der Waals surface area contributed by atoms with Crippen LogP contribution in [0.4, 0.5) is 0 Å². The van der Waals surface area contributed by atoms with Gasteiger partial charge in [0.05, 0.1) is 13.1 Å². The monoisotopic (exact) mass is 261 g/mol. The largest absolute Gasteiger partial charge is 0.480 e. The van der Waals surface area contributed by atoms with Crippen molar-refractivity contribution in [3.63, 3.8) is 0 Å². The zero-order chi connectivity index (χ0) is 13.6. The second-order valence-corrected chi connectivity index (χ2v) is 5.87. The highest BCUT2D eigenvalue weighted by Gasteiger charge is 2.48. The van der Waals surface area contributed by atoms with Crippen LogP contribution in [0, 0.1) is 5.92 Å². The molecule has 0 aliphatic carbocycles. The lowest BCUT2D eigenvalue weighted by atomic mass is 9.82. The third-order valence-corrected chi connectivity index (χ3v) is 4.24. The molecule has 0 saturated carbocycles. The average Bonchev–Trinajstić information content (AvgIpc) is 2.77. The molecule has 2 aliphatic heterocycles. The van der Waals surface area contributed by atoms with Gasteiger partial charge in [0.15, 0.2) is 6.10 Å². The number of benzene rings is 1.